The van der Waals surface area contributed by atoms with Gasteiger partial charge in [-0.1, -0.05) is 17.7 Å². The van der Waals surface area contributed by atoms with Crippen LogP contribution in [0.4, 0.5) is 0 Å². The Kier molecular flexibility index (Phi) is 5.42. The molecule has 33 heavy (non-hydrogen) atoms. The van der Waals surface area contributed by atoms with Crippen LogP contribution in [0.25, 0.3) is 0 Å². The number of halogens is 1. The third-order valence-corrected chi connectivity index (χ3v) is 6.20. The van der Waals surface area contributed by atoms with Crippen LogP contribution in [-0.4, -0.2) is 37.2 Å². The Morgan fingerprint density at radius 1 is 1.00 bits per heavy atom. The molecule has 0 amide bonds. The van der Waals surface area contributed by atoms with Gasteiger partial charge < -0.3 is 24.1 Å². The largest absolute Gasteiger partial charge is 0.507 e. The van der Waals surface area contributed by atoms with Crippen LogP contribution in [0, 0.1) is 0 Å². The van der Waals surface area contributed by atoms with Gasteiger partial charge in [0.25, 0.3) is 0 Å². The Morgan fingerprint density at radius 3 is 2.61 bits per heavy atom. The lowest BCUT2D eigenvalue weighted by Crippen LogP contribution is -2.34. The number of phenols is 1. The molecule has 0 fully saturated rings. The number of rotatable bonds is 5. The normalized spacial score (nSPS) is 18.7. The zero-order chi connectivity index (χ0) is 23.1. The van der Waals surface area contributed by atoms with E-state index in [2.05, 4.69) is 0 Å². The fourth-order valence-corrected chi connectivity index (χ4v) is 4.59. The predicted molar refractivity (Wildman–Crippen MR) is 125 cm³/mol. The summed E-state index contributed by atoms with van der Waals surface area (Å²) in [5, 5.41) is 18.0. The smallest absolute Gasteiger partial charge is 0.217 e. The van der Waals surface area contributed by atoms with Crippen LogP contribution < -0.4 is 18.9 Å². The quantitative estimate of drug-likeness (QED) is 0.549. The minimum atomic E-state index is -0.570. The van der Waals surface area contributed by atoms with Gasteiger partial charge in [-0.2, -0.15) is 5.10 Å². The van der Waals surface area contributed by atoms with Gasteiger partial charge in [0, 0.05) is 22.6 Å². The molecule has 0 aromatic heterocycles. The van der Waals surface area contributed by atoms with E-state index in [9.17, 15) is 5.11 Å². The van der Waals surface area contributed by atoms with Crippen molar-refractivity contribution in [1.29, 1.82) is 0 Å². The summed E-state index contributed by atoms with van der Waals surface area (Å²) in [6.45, 7) is 0. The SMILES string of the molecule is COc1ccc(O)c(C2=NN3[C@@H](c4cccc(OC)c4OC)Oc4ccc(Cl)cc4[C@@H]3C2)c1. The summed E-state index contributed by atoms with van der Waals surface area (Å²) in [5.41, 5.74) is 3.05. The number of hydrazone groups is 1. The minimum Gasteiger partial charge on any atom is -0.507 e. The van der Waals surface area contributed by atoms with E-state index in [1.165, 1.54) is 0 Å². The van der Waals surface area contributed by atoms with Crippen LogP contribution >= 0.6 is 11.6 Å². The molecule has 0 radical (unpaired) electrons. The molecule has 2 aliphatic heterocycles. The second kappa shape index (κ2) is 8.41. The Hall–Kier alpha value is -3.58. The number of ether oxygens (including phenoxy) is 4. The first kappa shape index (κ1) is 21.3. The third-order valence-electron chi connectivity index (χ3n) is 5.97. The van der Waals surface area contributed by atoms with Crippen LogP contribution in [0.5, 0.6) is 28.7 Å². The van der Waals surface area contributed by atoms with Gasteiger partial charge >= 0.3 is 0 Å². The summed E-state index contributed by atoms with van der Waals surface area (Å²) in [4.78, 5) is 0. The molecule has 2 aliphatic rings. The standard InChI is InChI=1S/C25H23ClN2O5/c1-30-15-8-9-21(29)17(12-15)19-13-20-18-11-14(26)7-10-22(18)33-25(28(20)27-19)16-5-4-6-23(31-2)24(16)32-3/h4-12,20,25,29H,13H2,1-3H3/t20-,25+/m0/s1. The van der Waals surface area contributed by atoms with Gasteiger partial charge in [0.1, 0.15) is 17.2 Å². The topological polar surface area (TPSA) is 72.8 Å². The highest BCUT2D eigenvalue weighted by molar-refractivity contribution is 6.30. The summed E-state index contributed by atoms with van der Waals surface area (Å²) in [5.74, 6) is 2.68. The summed E-state index contributed by atoms with van der Waals surface area (Å²) in [6, 6.07) is 16.2. The van der Waals surface area contributed by atoms with Crippen molar-refractivity contribution >= 4 is 17.3 Å². The summed E-state index contributed by atoms with van der Waals surface area (Å²) < 4.78 is 23.0. The maximum absolute atomic E-state index is 10.6. The van der Waals surface area contributed by atoms with Crippen molar-refractivity contribution < 1.29 is 24.1 Å². The van der Waals surface area contributed by atoms with Gasteiger partial charge in [-0.25, -0.2) is 5.01 Å². The molecule has 2 atom stereocenters. The first-order valence-corrected chi connectivity index (χ1v) is 10.8. The number of benzene rings is 3. The van der Waals surface area contributed by atoms with Crippen molar-refractivity contribution in [2.45, 2.75) is 18.7 Å². The summed E-state index contributed by atoms with van der Waals surface area (Å²) in [7, 11) is 4.79. The van der Waals surface area contributed by atoms with E-state index in [1.807, 2.05) is 35.3 Å². The summed E-state index contributed by atoms with van der Waals surface area (Å²) in [6.07, 6.45) is -0.0146. The average molecular weight is 467 g/mol. The Morgan fingerprint density at radius 2 is 1.85 bits per heavy atom. The molecule has 0 bridgehead atoms. The number of nitrogens with zero attached hydrogens (tertiary/aromatic N) is 2. The molecule has 8 heteroatoms. The van der Waals surface area contributed by atoms with Gasteiger partial charge in [0.05, 0.1) is 38.6 Å². The molecule has 3 aromatic rings. The lowest BCUT2D eigenvalue weighted by Gasteiger charge is -2.38. The fraction of sp³-hybridized carbons (Fsp3) is 0.240. The highest BCUT2D eigenvalue weighted by Crippen LogP contribution is 2.51. The number of hydrogen-bond acceptors (Lipinski definition) is 7. The minimum absolute atomic E-state index is 0.136. The van der Waals surface area contributed by atoms with Crippen LogP contribution in [0.1, 0.15) is 35.4 Å². The first-order valence-electron chi connectivity index (χ1n) is 10.4. The van der Waals surface area contributed by atoms with Gasteiger partial charge in [-0.05, 0) is 48.5 Å². The molecule has 7 nitrogen and oxygen atoms in total. The number of hydrogen-bond donors (Lipinski definition) is 1. The zero-order valence-corrected chi connectivity index (χ0v) is 19.2. The lowest BCUT2D eigenvalue weighted by molar-refractivity contribution is -0.0205. The number of para-hydroxylation sites is 1. The second-order valence-electron chi connectivity index (χ2n) is 7.76. The van der Waals surface area contributed by atoms with E-state index >= 15 is 0 Å². The molecule has 0 unspecified atom stereocenters. The van der Waals surface area contributed by atoms with Crippen LogP contribution in [0.3, 0.4) is 0 Å². The number of aromatic hydroxyl groups is 1. The second-order valence-corrected chi connectivity index (χ2v) is 8.20. The van der Waals surface area contributed by atoms with Crippen molar-refractivity contribution in [2.24, 2.45) is 5.10 Å². The van der Waals surface area contributed by atoms with Gasteiger partial charge in [0.15, 0.2) is 11.5 Å². The van der Waals surface area contributed by atoms with Gasteiger partial charge in [-0.15, -0.1) is 0 Å². The maximum atomic E-state index is 10.6. The molecular formula is C25H23ClN2O5. The first-order chi connectivity index (χ1) is 16.0. The molecular weight excluding hydrogens is 444 g/mol. The van der Waals surface area contributed by atoms with Crippen molar-refractivity contribution in [3.63, 3.8) is 0 Å². The van der Waals surface area contributed by atoms with E-state index in [-0.39, 0.29) is 11.8 Å². The van der Waals surface area contributed by atoms with E-state index in [1.54, 1.807) is 45.6 Å². The lowest BCUT2D eigenvalue weighted by atomic mass is 9.95. The van der Waals surface area contributed by atoms with Crippen LogP contribution in [-0.2, 0) is 0 Å². The van der Waals surface area contributed by atoms with Crippen molar-refractivity contribution in [3.05, 3.63) is 76.3 Å². The zero-order valence-electron chi connectivity index (χ0n) is 18.4. The van der Waals surface area contributed by atoms with Crippen molar-refractivity contribution in [1.82, 2.24) is 5.01 Å². The monoisotopic (exact) mass is 466 g/mol. The Balaban J connectivity index is 1.65. The average Bonchev–Trinajstić information content (AvgIpc) is 3.29. The summed E-state index contributed by atoms with van der Waals surface area (Å²) >= 11 is 6.32. The van der Waals surface area contributed by atoms with Crippen molar-refractivity contribution in [3.8, 4) is 28.7 Å². The molecule has 1 N–H and O–H groups in total. The number of fused-ring (bicyclic) bond motifs is 3. The van der Waals surface area contributed by atoms with E-state index in [4.69, 9.17) is 35.6 Å². The highest BCUT2D eigenvalue weighted by atomic mass is 35.5. The highest BCUT2D eigenvalue weighted by Gasteiger charge is 2.42. The molecule has 0 saturated heterocycles. The molecule has 2 heterocycles. The van der Waals surface area contributed by atoms with Crippen molar-refractivity contribution in [2.75, 3.05) is 21.3 Å². The van der Waals surface area contributed by atoms with E-state index < -0.39 is 6.23 Å². The van der Waals surface area contributed by atoms with Gasteiger partial charge in [-0.3, -0.25) is 0 Å². The van der Waals surface area contributed by atoms with Gasteiger partial charge in [0.2, 0.25) is 6.23 Å². The third kappa shape index (κ3) is 3.58. The molecule has 3 aromatic carbocycles. The maximum Gasteiger partial charge on any atom is 0.217 e. The number of methoxy groups -OCH3 is 3. The van der Waals surface area contributed by atoms with E-state index in [0.717, 1.165) is 22.6 Å². The molecule has 170 valence electrons. The Bertz CT molecular complexity index is 1250. The molecule has 0 aliphatic carbocycles. The predicted octanol–water partition coefficient (Wildman–Crippen LogP) is 5.31. The van der Waals surface area contributed by atoms with Crippen LogP contribution in [0.2, 0.25) is 5.02 Å². The molecule has 0 saturated carbocycles. The molecule has 0 spiro atoms. The van der Waals surface area contributed by atoms with E-state index in [0.29, 0.717) is 34.3 Å². The Labute approximate surface area is 196 Å². The number of phenolic OH excluding ortho intramolecular Hbond substituents is 1. The molecule has 5 rings (SSSR count). The fourth-order valence-electron chi connectivity index (χ4n) is 4.41. The van der Waals surface area contributed by atoms with Crippen LogP contribution in [0.15, 0.2) is 59.7 Å².